The predicted molar refractivity (Wildman–Crippen MR) is 47.2 cm³/mol. The Hall–Kier alpha value is -0.660. The van der Waals surface area contributed by atoms with Crippen LogP contribution in [0.3, 0.4) is 0 Å². The van der Waals surface area contributed by atoms with Crippen LogP contribution in [-0.2, 0) is 9.59 Å². The van der Waals surface area contributed by atoms with Gasteiger partial charge in [-0.25, -0.2) is 0 Å². The van der Waals surface area contributed by atoms with Crippen molar-refractivity contribution in [2.75, 3.05) is 0 Å². The van der Waals surface area contributed by atoms with Gasteiger partial charge in [0.1, 0.15) is 11.6 Å². The summed E-state index contributed by atoms with van der Waals surface area (Å²) in [5.41, 5.74) is 0. The van der Waals surface area contributed by atoms with E-state index >= 15 is 0 Å². The molecule has 72 valence electrons. The summed E-state index contributed by atoms with van der Waals surface area (Å²) in [5, 5.41) is 0. The van der Waals surface area contributed by atoms with Crippen LogP contribution >= 0.6 is 0 Å². The van der Waals surface area contributed by atoms with Crippen molar-refractivity contribution in [2.45, 2.75) is 12.8 Å². The van der Waals surface area contributed by atoms with Crippen molar-refractivity contribution in [1.29, 1.82) is 0 Å². The van der Waals surface area contributed by atoms with Crippen LogP contribution in [0.1, 0.15) is 12.8 Å². The number of carbonyl (C=O) groups is 2. The summed E-state index contributed by atoms with van der Waals surface area (Å²) in [4.78, 5) is 24.1. The standard InChI is InChI=1S/C12H12O2/c13-11-3-1-4-8-7(3)9-5(11)2-6(10(8)9)12(4)14/h3-10H,1-2H2/t3-,4+,5+,6-,7?,8?,9?,10?. The van der Waals surface area contributed by atoms with Crippen molar-refractivity contribution < 1.29 is 9.59 Å². The van der Waals surface area contributed by atoms with E-state index in [-0.39, 0.29) is 0 Å². The molecule has 14 heavy (non-hydrogen) atoms. The van der Waals surface area contributed by atoms with Gasteiger partial charge in [0, 0.05) is 23.7 Å². The Bertz CT molecular complexity index is 321. The molecule has 0 aromatic rings. The van der Waals surface area contributed by atoms with Gasteiger partial charge >= 0.3 is 0 Å². The van der Waals surface area contributed by atoms with Gasteiger partial charge < -0.3 is 0 Å². The van der Waals surface area contributed by atoms with Crippen LogP contribution in [0, 0.1) is 47.3 Å². The van der Waals surface area contributed by atoms with Crippen LogP contribution in [-0.4, -0.2) is 11.6 Å². The Morgan fingerprint density at radius 2 is 0.929 bits per heavy atom. The average Bonchev–Trinajstić information content (AvgIpc) is 2.71. The van der Waals surface area contributed by atoms with E-state index in [0.29, 0.717) is 58.9 Å². The van der Waals surface area contributed by atoms with Gasteiger partial charge in [0.05, 0.1) is 0 Å². The number of hydrogen-bond acceptors (Lipinski definition) is 2. The Morgan fingerprint density at radius 1 is 0.643 bits per heavy atom. The van der Waals surface area contributed by atoms with E-state index in [0.717, 1.165) is 12.8 Å². The minimum absolute atomic E-state index is 0.321. The lowest BCUT2D eigenvalue weighted by Gasteiger charge is -2.43. The van der Waals surface area contributed by atoms with Gasteiger partial charge in [-0.05, 0) is 36.5 Å². The monoisotopic (exact) mass is 188 g/mol. The van der Waals surface area contributed by atoms with Crippen LogP contribution in [0.2, 0.25) is 0 Å². The Balaban J connectivity index is 1.83. The summed E-state index contributed by atoms with van der Waals surface area (Å²) in [7, 11) is 0. The van der Waals surface area contributed by atoms with E-state index in [1.807, 2.05) is 0 Å². The first-order chi connectivity index (χ1) is 6.79. The van der Waals surface area contributed by atoms with E-state index in [1.165, 1.54) is 0 Å². The molecule has 5 saturated carbocycles. The molecular formula is C12H12O2. The number of rotatable bonds is 0. The Labute approximate surface area is 82.0 Å². The zero-order valence-electron chi connectivity index (χ0n) is 7.85. The molecule has 5 aliphatic carbocycles. The summed E-state index contributed by atoms with van der Waals surface area (Å²) in [6.45, 7) is 0. The lowest BCUT2D eigenvalue weighted by molar-refractivity contribution is -0.128. The molecule has 0 aromatic carbocycles. The van der Waals surface area contributed by atoms with Crippen LogP contribution < -0.4 is 0 Å². The fourth-order valence-corrected chi connectivity index (χ4v) is 5.98. The summed E-state index contributed by atoms with van der Waals surface area (Å²) in [6.07, 6.45) is 1.87. The van der Waals surface area contributed by atoms with E-state index in [9.17, 15) is 9.59 Å². The molecular weight excluding hydrogens is 176 g/mol. The maximum atomic E-state index is 12.0. The average molecular weight is 188 g/mol. The maximum Gasteiger partial charge on any atom is 0.139 e. The third kappa shape index (κ3) is 0.396. The summed E-state index contributed by atoms with van der Waals surface area (Å²) in [6, 6.07) is 0. The zero-order chi connectivity index (χ0) is 9.19. The largest absolute Gasteiger partial charge is 0.299 e. The van der Waals surface area contributed by atoms with E-state index in [1.54, 1.807) is 0 Å². The topological polar surface area (TPSA) is 34.1 Å². The molecule has 0 N–H and O–H groups in total. The highest BCUT2D eigenvalue weighted by Crippen LogP contribution is 2.77. The van der Waals surface area contributed by atoms with Crippen molar-refractivity contribution >= 4 is 11.6 Å². The molecule has 4 atom stereocenters. The molecule has 0 radical (unpaired) electrons. The third-order valence-electron chi connectivity index (χ3n) is 6.11. The molecule has 5 rings (SSSR count). The van der Waals surface area contributed by atoms with Crippen molar-refractivity contribution in [2.24, 2.45) is 47.3 Å². The number of ketones is 2. The molecule has 0 bridgehead atoms. The highest BCUT2D eigenvalue weighted by Gasteiger charge is 2.79. The summed E-state index contributed by atoms with van der Waals surface area (Å²) < 4.78 is 0. The molecule has 0 saturated heterocycles. The zero-order valence-corrected chi connectivity index (χ0v) is 7.85. The van der Waals surface area contributed by atoms with E-state index in [2.05, 4.69) is 0 Å². The van der Waals surface area contributed by atoms with Crippen molar-refractivity contribution in [3.05, 3.63) is 0 Å². The highest BCUT2D eigenvalue weighted by atomic mass is 16.1. The van der Waals surface area contributed by atoms with Crippen LogP contribution in [0.25, 0.3) is 0 Å². The molecule has 0 heterocycles. The Morgan fingerprint density at radius 3 is 1.21 bits per heavy atom. The first kappa shape index (κ1) is 6.76. The highest BCUT2D eigenvalue weighted by molar-refractivity contribution is 5.97. The molecule has 2 heteroatoms. The Kier molecular flexibility index (Phi) is 0.780. The number of carbonyl (C=O) groups excluding carboxylic acids is 2. The fourth-order valence-electron chi connectivity index (χ4n) is 5.98. The lowest BCUT2D eigenvalue weighted by Crippen LogP contribution is -2.41. The van der Waals surface area contributed by atoms with Crippen LogP contribution in [0.15, 0.2) is 0 Å². The molecule has 0 unspecified atom stereocenters. The molecule has 0 aromatic heterocycles. The van der Waals surface area contributed by atoms with Gasteiger partial charge in [0.2, 0.25) is 0 Å². The third-order valence-corrected chi connectivity index (χ3v) is 6.11. The minimum Gasteiger partial charge on any atom is -0.299 e. The second-order valence-corrected chi connectivity index (χ2v) is 6.01. The number of hydrogen-bond donors (Lipinski definition) is 0. The van der Waals surface area contributed by atoms with Gasteiger partial charge in [-0.15, -0.1) is 0 Å². The molecule has 5 fully saturated rings. The maximum absolute atomic E-state index is 12.0. The molecule has 0 amide bonds. The molecule has 5 aliphatic rings. The number of Topliss-reactive ketones (excluding diaryl/α,β-unsaturated/α-hetero) is 2. The summed E-state index contributed by atoms with van der Waals surface area (Å²) >= 11 is 0. The van der Waals surface area contributed by atoms with Gasteiger partial charge in [-0.3, -0.25) is 9.59 Å². The van der Waals surface area contributed by atoms with Crippen LogP contribution in [0.5, 0.6) is 0 Å². The molecule has 2 nitrogen and oxygen atoms in total. The lowest BCUT2D eigenvalue weighted by atomic mass is 9.60. The summed E-state index contributed by atoms with van der Waals surface area (Å²) in [5.74, 6) is 5.04. The van der Waals surface area contributed by atoms with Gasteiger partial charge in [-0.1, -0.05) is 0 Å². The minimum atomic E-state index is 0.321. The van der Waals surface area contributed by atoms with Gasteiger partial charge in [0.25, 0.3) is 0 Å². The van der Waals surface area contributed by atoms with Crippen molar-refractivity contribution in [1.82, 2.24) is 0 Å². The smallest absolute Gasteiger partial charge is 0.139 e. The van der Waals surface area contributed by atoms with Gasteiger partial charge in [0.15, 0.2) is 0 Å². The van der Waals surface area contributed by atoms with Crippen LogP contribution in [0.4, 0.5) is 0 Å². The fraction of sp³-hybridized carbons (Fsp3) is 0.833. The second kappa shape index (κ2) is 1.62. The van der Waals surface area contributed by atoms with E-state index in [4.69, 9.17) is 0 Å². The van der Waals surface area contributed by atoms with Gasteiger partial charge in [-0.2, -0.15) is 0 Å². The SMILES string of the molecule is O=C1[C@H]2C[C@H]3C(=O)[C@H]4C[C@@H]1C1C2C3C14. The predicted octanol–water partition coefficient (Wildman–Crippen LogP) is 0.902. The first-order valence-corrected chi connectivity index (χ1v) is 5.86. The van der Waals surface area contributed by atoms with Crippen molar-refractivity contribution in [3.63, 3.8) is 0 Å². The normalized spacial score (nSPS) is 70.6. The second-order valence-electron chi connectivity index (χ2n) is 6.01. The molecule has 0 aliphatic heterocycles. The van der Waals surface area contributed by atoms with E-state index < -0.39 is 0 Å². The molecule has 0 spiro atoms. The van der Waals surface area contributed by atoms with Crippen molar-refractivity contribution in [3.8, 4) is 0 Å². The quantitative estimate of drug-likeness (QED) is 0.566. The first-order valence-electron chi connectivity index (χ1n) is 5.86.